The van der Waals surface area contributed by atoms with Gasteiger partial charge in [-0.1, -0.05) is 32.4 Å². The van der Waals surface area contributed by atoms with Crippen molar-refractivity contribution in [3.8, 4) is 5.75 Å². The van der Waals surface area contributed by atoms with Gasteiger partial charge in [0.1, 0.15) is 5.75 Å². The van der Waals surface area contributed by atoms with E-state index in [1.165, 1.54) is 24.2 Å². The van der Waals surface area contributed by atoms with Crippen molar-refractivity contribution in [2.24, 2.45) is 0 Å². The Balaban J connectivity index is 2.53. The first-order valence-electron chi connectivity index (χ1n) is 6.76. The van der Waals surface area contributed by atoms with Gasteiger partial charge in [0.15, 0.2) is 0 Å². The molecule has 0 saturated heterocycles. The molecule has 0 fully saturated rings. The van der Waals surface area contributed by atoms with E-state index < -0.39 is 0 Å². The Morgan fingerprint density at radius 3 is 2.50 bits per heavy atom. The molecule has 0 amide bonds. The maximum absolute atomic E-state index is 5.20. The Bertz CT molecular complexity index is 313. The normalized spacial score (nSPS) is 12.4. The third-order valence-electron chi connectivity index (χ3n) is 2.90. The van der Waals surface area contributed by atoms with Crippen LogP contribution in [0.15, 0.2) is 24.3 Å². The van der Waals surface area contributed by atoms with Crippen molar-refractivity contribution in [3.63, 3.8) is 0 Å². The lowest BCUT2D eigenvalue weighted by molar-refractivity contribution is 0.414. The third-order valence-corrected chi connectivity index (χ3v) is 4.04. The molecule has 102 valence electrons. The minimum Gasteiger partial charge on any atom is -0.497 e. The Morgan fingerprint density at radius 1 is 1.22 bits per heavy atom. The predicted molar refractivity (Wildman–Crippen MR) is 81.6 cm³/mol. The van der Waals surface area contributed by atoms with E-state index in [1.54, 1.807) is 7.11 Å². The summed E-state index contributed by atoms with van der Waals surface area (Å²) in [5.74, 6) is 3.32. The smallest absolute Gasteiger partial charge is 0.118 e. The zero-order chi connectivity index (χ0) is 13.2. The average Bonchev–Trinajstić information content (AvgIpc) is 2.42. The number of unbranched alkanes of at least 4 members (excludes halogenated alkanes) is 1. The minimum atomic E-state index is 0.447. The number of hydrogen-bond donors (Lipinski definition) is 1. The number of rotatable bonds is 9. The first-order valence-corrected chi connectivity index (χ1v) is 7.92. The Morgan fingerprint density at radius 2 is 1.94 bits per heavy atom. The lowest BCUT2D eigenvalue weighted by atomic mass is 10.1. The van der Waals surface area contributed by atoms with E-state index in [9.17, 15) is 0 Å². The molecule has 1 N–H and O–H groups in total. The molecule has 0 aliphatic heterocycles. The van der Waals surface area contributed by atoms with Crippen molar-refractivity contribution in [2.75, 3.05) is 25.2 Å². The van der Waals surface area contributed by atoms with E-state index in [4.69, 9.17) is 4.74 Å². The first kappa shape index (κ1) is 15.4. The van der Waals surface area contributed by atoms with Gasteiger partial charge in [-0.3, -0.25) is 0 Å². The highest BCUT2D eigenvalue weighted by molar-refractivity contribution is 7.99. The maximum Gasteiger partial charge on any atom is 0.118 e. The predicted octanol–water partition coefficient (Wildman–Crippen LogP) is 3.88. The number of benzene rings is 1. The SMILES string of the molecule is CCCCSCC(NCC)c1ccc(OC)cc1. The molecule has 1 aromatic rings. The zero-order valence-electron chi connectivity index (χ0n) is 11.7. The van der Waals surface area contributed by atoms with Crippen LogP contribution in [0.1, 0.15) is 38.3 Å². The molecule has 1 unspecified atom stereocenters. The number of ether oxygens (including phenoxy) is 1. The molecular formula is C15H25NOS. The quantitative estimate of drug-likeness (QED) is 0.686. The molecule has 0 aliphatic carbocycles. The van der Waals surface area contributed by atoms with Crippen LogP contribution in [0.4, 0.5) is 0 Å². The summed E-state index contributed by atoms with van der Waals surface area (Å²) in [5.41, 5.74) is 1.35. The van der Waals surface area contributed by atoms with Crippen molar-refractivity contribution >= 4 is 11.8 Å². The topological polar surface area (TPSA) is 21.3 Å². The molecule has 0 aromatic heterocycles. The van der Waals surface area contributed by atoms with Gasteiger partial charge in [-0.05, 0) is 36.4 Å². The molecule has 0 saturated carbocycles. The molecule has 1 rings (SSSR count). The standard InChI is InChI=1S/C15H25NOS/c1-4-6-11-18-12-15(16-5-2)13-7-9-14(17-3)10-8-13/h7-10,15-16H,4-6,11-12H2,1-3H3. The van der Waals surface area contributed by atoms with Gasteiger partial charge < -0.3 is 10.1 Å². The summed E-state index contributed by atoms with van der Waals surface area (Å²) in [6, 6.07) is 8.84. The van der Waals surface area contributed by atoms with Crippen molar-refractivity contribution in [1.82, 2.24) is 5.32 Å². The van der Waals surface area contributed by atoms with Crippen LogP contribution >= 0.6 is 11.8 Å². The molecule has 1 atom stereocenters. The van der Waals surface area contributed by atoms with Crippen molar-refractivity contribution in [2.45, 2.75) is 32.7 Å². The Kier molecular flexibility index (Phi) is 7.94. The van der Waals surface area contributed by atoms with Crippen LogP contribution in [0.25, 0.3) is 0 Å². The van der Waals surface area contributed by atoms with E-state index in [2.05, 4.69) is 31.3 Å². The van der Waals surface area contributed by atoms with Gasteiger partial charge in [0.25, 0.3) is 0 Å². The van der Waals surface area contributed by atoms with E-state index >= 15 is 0 Å². The molecule has 18 heavy (non-hydrogen) atoms. The molecule has 0 heterocycles. The van der Waals surface area contributed by atoms with E-state index in [0.717, 1.165) is 18.0 Å². The Labute approximate surface area is 116 Å². The largest absolute Gasteiger partial charge is 0.497 e. The molecular weight excluding hydrogens is 242 g/mol. The number of nitrogens with one attached hydrogen (secondary N) is 1. The second-order valence-electron chi connectivity index (χ2n) is 4.31. The van der Waals surface area contributed by atoms with Gasteiger partial charge in [-0.2, -0.15) is 11.8 Å². The fourth-order valence-corrected chi connectivity index (χ4v) is 3.01. The van der Waals surface area contributed by atoms with Crippen molar-refractivity contribution in [1.29, 1.82) is 0 Å². The molecule has 1 aromatic carbocycles. The number of hydrogen-bond acceptors (Lipinski definition) is 3. The highest BCUT2D eigenvalue weighted by Gasteiger charge is 2.10. The molecule has 0 bridgehead atoms. The first-order chi connectivity index (χ1) is 8.81. The summed E-state index contributed by atoms with van der Waals surface area (Å²) in [4.78, 5) is 0. The average molecular weight is 267 g/mol. The summed E-state index contributed by atoms with van der Waals surface area (Å²) < 4.78 is 5.20. The van der Waals surface area contributed by atoms with Crippen LogP contribution in [0, 0.1) is 0 Å². The van der Waals surface area contributed by atoms with Gasteiger partial charge in [0, 0.05) is 11.8 Å². The zero-order valence-corrected chi connectivity index (χ0v) is 12.6. The number of thioether (sulfide) groups is 1. The van der Waals surface area contributed by atoms with Gasteiger partial charge in [-0.25, -0.2) is 0 Å². The van der Waals surface area contributed by atoms with E-state index in [1.807, 2.05) is 23.9 Å². The van der Waals surface area contributed by atoms with Crippen LogP contribution in [0.5, 0.6) is 5.75 Å². The molecule has 0 radical (unpaired) electrons. The van der Waals surface area contributed by atoms with Crippen LogP contribution in [0.2, 0.25) is 0 Å². The lowest BCUT2D eigenvalue weighted by Crippen LogP contribution is -2.23. The van der Waals surface area contributed by atoms with E-state index in [-0.39, 0.29) is 0 Å². The highest BCUT2D eigenvalue weighted by Crippen LogP contribution is 2.21. The molecule has 0 aliphatic rings. The van der Waals surface area contributed by atoms with Crippen molar-refractivity contribution in [3.05, 3.63) is 29.8 Å². The van der Waals surface area contributed by atoms with Gasteiger partial charge in [0.05, 0.1) is 7.11 Å². The van der Waals surface area contributed by atoms with Gasteiger partial charge in [-0.15, -0.1) is 0 Å². The van der Waals surface area contributed by atoms with Crippen LogP contribution in [-0.4, -0.2) is 25.2 Å². The van der Waals surface area contributed by atoms with E-state index in [0.29, 0.717) is 6.04 Å². The third kappa shape index (κ3) is 5.32. The molecule has 2 nitrogen and oxygen atoms in total. The summed E-state index contributed by atoms with van der Waals surface area (Å²) >= 11 is 2.04. The fourth-order valence-electron chi connectivity index (χ4n) is 1.80. The van der Waals surface area contributed by atoms with Crippen molar-refractivity contribution < 1.29 is 4.74 Å². The summed E-state index contributed by atoms with van der Waals surface area (Å²) in [6.45, 7) is 5.41. The van der Waals surface area contributed by atoms with Crippen LogP contribution in [-0.2, 0) is 0 Å². The fraction of sp³-hybridized carbons (Fsp3) is 0.600. The Hall–Kier alpha value is -0.670. The van der Waals surface area contributed by atoms with Gasteiger partial charge >= 0.3 is 0 Å². The number of methoxy groups -OCH3 is 1. The summed E-state index contributed by atoms with van der Waals surface area (Å²) in [5, 5.41) is 3.55. The second-order valence-corrected chi connectivity index (χ2v) is 5.46. The van der Waals surface area contributed by atoms with Crippen LogP contribution < -0.4 is 10.1 Å². The van der Waals surface area contributed by atoms with Gasteiger partial charge in [0.2, 0.25) is 0 Å². The highest BCUT2D eigenvalue weighted by atomic mass is 32.2. The molecule has 3 heteroatoms. The molecule has 0 spiro atoms. The minimum absolute atomic E-state index is 0.447. The maximum atomic E-state index is 5.20. The lowest BCUT2D eigenvalue weighted by Gasteiger charge is -2.18. The second kappa shape index (κ2) is 9.29. The summed E-state index contributed by atoms with van der Waals surface area (Å²) in [7, 11) is 1.71. The summed E-state index contributed by atoms with van der Waals surface area (Å²) in [6.07, 6.45) is 2.59. The monoisotopic (exact) mass is 267 g/mol. The van der Waals surface area contributed by atoms with Crippen LogP contribution in [0.3, 0.4) is 0 Å².